The number of piperidine rings is 1. The summed E-state index contributed by atoms with van der Waals surface area (Å²) in [7, 11) is 1.56. The number of alkyl halides is 4. The summed E-state index contributed by atoms with van der Waals surface area (Å²) in [6.07, 6.45) is 0.525. The predicted octanol–water partition coefficient (Wildman–Crippen LogP) is 3.36. The quantitative estimate of drug-likeness (QED) is 0.460. The van der Waals surface area contributed by atoms with Gasteiger partial charge in [-0.2, -0.15) is 13.2 Å². The van der Waals surface area contributed by atoms with E-state index in [9.17, 15) is 17.6 Å². The van der Waals surface area contributed by atoms with Gasteiger partial charge in [-0.05, 0) is 50.4 Å². The Morgan fingerprint density at radius 3 is 2.72 bits per heavy atom. The molecular weight excluding hydrogens is 476 g/mol. The Balaban J connectivity index is 1.39. The van der Waals surface area contributed by atoms with Gasteiger partial charge in [-0.25, -0.2) is 0 Å². The van der Waals surface area contributed by atoms with Crippen molar-refractivity contribution < 1.29 is 22.3 Å². The van der Waals surface area contributed by atoms with E-state index in [0.717, 1.165) is 51.1 Å². The molecule has 5 rings (SSSR count). The van der Waals surface area contributed by atoms with Crippen LogP contribution < -0.4 is 20.9 Å². The lowest BCUT2D eigenvalue weighted by atomic mass is 9.62. The molecule has 3 saturated heterocycles. The summed E-state index contributed by atoms with van der Waals surface area (Å²) in [5, 5.41) is 3.45. The lowest BCUT2D eigenvalue weighted by Gasteiger charge is -2.53. The van der Waals surface area contributed by atoms with Gasteiger partial charge in [0, 0.05) is 44.3 Å². The first kappa shape index (κ1) is 25.9. The van der Waals surface area contributed by atoms with E-state index in [2.05, 4.69) is 21.1 Å². The van der Waals surface area contributed by atoms with Gasteiger partial charge in [0.05, 0.1) is 50.0 Å². The van der Waals surface area contributed by atoms with Crippen LogP contribution in [0, 0.1) is 17.8 Å². The molecule has 4 fully saturated rings. The first-order chi connectivity index (χ1) is 17.3. The topological polar surface area (TPSA) is 64.7 Å². The fraction of sp³-hybridized carbons (Fsp3) is 0.800. The van der Waals surface area contributed by atoms with Crippen LogP contribution in [0.25, 0.3) is 0 Å². The van der Waals surface area contributed by atoms with Crippen LogP contribution in [-0.2, 0) is 0 Å². The zero-order valence-electron chi connectivity index (χ0n) is 21.0. The summed E-state index contributed by atoms with van der Waals surface area (Å²) in [6.45, 7) is 3.92. The highest BCUT2D eigenvalue weighted by Crippen LogP contribution is 2.53. The molecule has 0 aromatic carbocycles. The van der Waals surface area contributed by atoms with Crippen molar-refractivity contribution >= 4 is 5.69 Å². The third kappa shape index (κ3) is 5.30. The van der Waals surface area contributed by atoms with Gasteiger partial charge < -0.3 is 10.1 Å². The van der Waals surface area contributed by atoms with Crippen molar-refractivity contribution in [1.82, 2.24) is 25.6 Å². The Morgan fingerprint density at radius 2 is 2.00 bits per heavy atom. The van der Waals surface area contributed by atoms with E-state index in [1.54, 1.807) is 18.2 Å². The number of ether oxygens (including phenoxy) is 1. The van der Waals surface area contributed by atoms with Crippen molar-refractivity contribution in [2.24, 2.45) is 17.8 Å². The number of nitrogens with zero attached hydrogens (tertiary/aromatic N) is 3. The number of pyridine rings is 1. The van der Waals surface area contributed by atoms with Crippen LogP contribution in [0.3, 0.4) is 0 Å². The predicted molar refractivity (Wildman–Crippen MR) is 129 cm³/mol. The highest BCUT2D eigenvalue weighted by Gasteiger charge is 2.53. The lowest BCUT2D eigenvalue weighted by Crippen LogP contribution is -2.56. The zero-order chi connectivity index (χ0) is 25.4. The molecule has 6 atom stereocenters. The van der Waals surface area contributed by atoms with Gasteiger partial charge in [0.1, 0.15) is 5.75 Å². The largest absolute Gasteiger partial charge is 0.495 e. The molecule has 36 heavy (non-hydrogen) atoms. The summed E-state index contributed by atoms with van der Waals surface area (Å²) in [5.74, 6) is 1.35. The van der Waals surface area contributed by atoms with E-state index in [1.165, 1.54) is 0 Å². The van der Waals surface area contributed by atoms with Gasteiger partial charge in [-0.15, -0.1) is 0 Å². The number of methoxy groups -OCH3 is 1. The number of likely N-dealkylation sites (tertiary alicyclic amines) is 2. The summed E-state index contributed by atoms with van der Waals surface area (Å²) in [4.78, 5) is 8.56. The van der Waals surface area contributed by atoms with Crippen molar-refractivity contribution in [2.75, 3.05) is 51.8 Å². The van der Waals surface area contributed by atoms with Crippen molar-refractivity contribution in [1.29, 1.82) is 0 Å². The molecule has 7 nitrogen and oxygen atoms in total. The molecule has 1 aromatic rings. The third-order valence-electron chi connectivity index (χ3n) is 8.67. The molecule has 1 saturated carbocycles. The maximum absolute atomic E-state index is 13.7. The lowest BCUT2D eigenvalue weighted by molar-refractivity contribution is -0.172. The molecule has 1 aliphatic carbocycles. The number of aromatic nitrogens is 1. The van der Waals surface area contributed by atoms with Crippen LogP contribution in [0.5, 0.6) is 5.75 Å². The van der Waals surface area contributed by atoms with Gasteiger partial charge in [0.15, 0.2) is 0 Å². The minimum absolute atomic E-state index is 0.0856. The molecule has 3 aliphatic heterocycles. The molecule has 4 heterocycles. The molecule has 0 radical (unpaired) electrons. The Labute approximate surface area is 210 Å². The molecule has 0 bridgehead atoms. The summed E-state index contributed by atoms with van der Waals surface area (Å²) in [5.41, 5.74) is 8.04. The van der Waals surface area contributed by atoms with E-state index in [-0.39, 0.29) is 24.7 Å². The van der Waals surface area contributed by atoms with E-state index in [0.29, 0.717) is 35.7 Å². The molecule has 11 heteroatoms. The van der Waals surface area contributed by atoms with Crippen molar-refractivity contribution in [3.63, 3.8) is 0 Å². The highest BCUT2D eigenvalue weighted by atomic mass is 19.4. The monoisotopic (exact) mass is 514 g/mol. The van der Waals surface area contributed by atoms with Crippen molar-refractivity contribution in [3.05, 3.63) is 18.0 Å². The average Bonchev–Trinajstić information content (AvgIpc) is 3.30. The Kier molecular flexibility index (Phi) is 7.63. The smallest absolute Gasteiger partial charge is 0.401 e. The number of rotatable bonds is 8. The van der Waals surface area contributed by atoms with Gasteiger partial charge in [0.2, 0.25) is 0 Å². The fourth-order valence-corrected chi connectivity index (χ4v) is 7.09. The second-order valence-corrected chi connectivity index (χ2v) is 11.0. The second-order valence-electron chi connectivity index (χ2n) is 11.0. The maximum atomic E-state index is 13.7. The number of fused-ring (bicyclic) bond motifs is 3. The number of hydrogen-bond acceptors (Lipinski definition) is 7. The third-order valence-corrected chi connectivity index (χ3v) is 8.67. The molecule has 202 valence electrons. The molecule has 3 N–H and O–H groups in total. The highest BCUT2D eigenvalue weighted by molar-refractivity contribution is 5.50. The van der Waals surface area contributed by atoms with Gasteiger partial charge in [-0.3, -0.25) is 30.0 Å². The van der Waals surface area contributed by atoms with Crippen LogP contribution in [0.2, 0.25) is 0 Å². The van der Waals surface area contributed by atoms with Crippen molar-refractivity contribution in [2.45, 2.75) is 63.0 Å². The molecule has 0 amide bonds. The molecule has 4 aliphatic rings. The maximum Gasteiger partial charge on any atom is 0.401 e. The van der Waals surface area contributed by atoms with E-state index in [1.807, 2.05) is 13.0 Å². The SMILES string of the molecule is COc1cc(NC2CN(CCCF)C2)cnc1[C@@H]1C2CCC3NNCC3C2C[C@@H](C)N1CC(F)(F)F. The van der Waals surface area contributed by atoms with Crippen LogP contribution in [0.15, 0.2) is 12.3 Å². The zero-order valence-corrected chi connectivity index (χ0v) is 21.0. The average molecular weight is 515 g/mol. The van der Waals surface area contributed by atoms with E-state index >= 15 is 0 Å². The Hall–Kier alpha value is -1.69. The number of hydrazine groups is 1. The van der Waals surface area contributed by atoms with E-state index in [4.69, 9.17) is 9.72 Å². The van der Waals surface area contributed by atoms with Gasteiger partial charge >= 0.3 is 6.18 Å². The van der Waals surface area contributed by atoms with Crippen molar-refractivity contribution in [3.8, 4) is 5.75 Å². The summed E-state index contributed by atoms with van der Waals surface area (Å²) in [6, 6.07) is 1.82. The first-order valence-corrected chi connectivity index (χ1v) is 13.2. The number of nitrogens with one attached hydrogen (secondary N) is 3. The second kappa shape index (κ2) is 10.6. The summed E-state index contributed by atoms with van der Waals surface area (Å²) >= 11 is 0. The Morgan fingerprint density at radius 1 is 1.19 bits per heavy atom. The number of anilines is 1. The Bertz CT molecular complexity index is 898. The molecule has 4 unspecified atom stereocenters. The molecule has 0 spiro atoms. The van der Waals surface area contributed by atoms with Crippen LogP contribution >= 0.6 is 0 Å². The van der Waals surface area contributed by atoms with Crippen LogP contribution in [0.4, 0.5) is 23.2 Å². The van der Waals surface area contributed by atoms with Gasteiger partial charge in [-0.1, -0.05) is 0 Å². The normalized spacial score (nSPS) is 33.6. The van der Waals surface area contributed by atoms with Crippen LogP contribution in [0.1, 0.15) is 44.3 Å². The molecular formula is C25H38F4N6O. The molecule has 1 aromatic heterocycles. The first-order valence-electron chi connectivity index (χ1n) is 13.2. The van der Waals surface area contributed by atoms with Crippen LogP contribution in [-0.4, -0.2) is 85.6 Å². The number of hydrogen-bond donors (Lipinski definition) is 3. The van der Waals surface area contributed by atoms with E-state index < -0.39 is 18.8 Å². The minimum atomic E-state index is -4.29. The summed E-state index contributed by atoms with van der Waals surface area (Å²) < 4.78 is 59.4. The standard InChI is InChI=1S/C25H38F4N6O/c1-15-8-19-18(4-5-21-20(19)11-31-33-21)24(35(15)14-25(27,28)29)23-22(36-2)9-16(10-30-23)32-17-12-34(13-17)7-3-6-26/h9-10,15,17-21,24,31-33H,3-8,11-14H2,1-2H3/t15-,18?,19?,20?,21?,24+/m1/s1. The number of halogens is 4. The fourth-order valence-electron chi connectivity index (χ4n) is 7.09. The minimum Gasteiger partial charge on any atom is -0.495 e. The van der Waals surface area contributed by atoms with Gasteiger partial charge in [0.25, 0.3) is 0 Å².